The fourth-order valence-corrected chi connectivity index (χ4v) is 7.38. The fourth-order valence-electron chi connectivity index (χ4n) is 2.82. The molecule has 3 nitrogen and oxygen atoms in total. The van der Waals surface area contributed by atoms with Crippen LogP contribution >= 0.6 is 0 Å². The van der Waals surface area contributed by atoms with E-state index in [-0.39, 0.29) is 11.4 Å². The third kappa shape index (κ3) is 6.96. The average Bonchev–Trinajstić information content (AvgIpc) is 2.44. The maximum atomic E-state index is 12.6. The predicted octanol–water partition coefficient (Wildman–Crippen LogP) is 5.58. The summed E-state index contributed by atoms with van der Waals surface area (Å²) in [5, 5.41) is 0. The van der Waals surface area contributed by atoms with Crippen LogP contribution in [0.2, 0.25) is 37.3 Å². The molecule has 0 bridgehead atoms. The Morgan fingerprint density at radius 3 is 1.91 bits per heavy atom. The van der Waals surface area contributed by atoms with Crippen molar-refractivity contribution >= 4 is 22.6 Å². The van der Waals surface area contributed by atoms with Crippen molar-refractivity contribution in [2.75, 3.05) is 6.61 Å². The van der Waals surface area contributed by atoms with Crippen molar-refractivity contribution in [2.24, 2.45) is 5.41 Å². The van der Waals surface area contributed by atoms with Crippen LogP contribution in [0, 0.1) is 5.41 Å². The second-order valence-corrected chi connectivity index (χ2v) is 16.6. The van der Waals surface area contributed by atoms with Crippen LogP contribution in [-0.2, 0) is 13.6 Å². The Kier molecular flexibility index (Phi) is 9.17. The third-order valence-electron chi connectivity index (χ3n) is 4.91. The summed E-state index contributed by atoms with van der Waals surface area (Å²) in [4.78, 5) is 12.6. The topological polar surface area (TPSA) is 35.5 Å². The molecule has 0 amide bonds. The minimum atomic E-state index is -1.84. The Hall–Kier alpha value is -0.136. The van der Waals surface area contributed by atoms with Crippen molar-refractivity contribution in [1.29, 1.82) is 0 Å². The summed E-state index contributed by atoms with van der Waals surface area (Å²) in [5.41, 5.74) is -0.381. The molecule has 0 aromatic rings. The molecule has 0 aliphatic heterocycles. The summed E-state index contributed by atoms with van der Waals surface area (Å²) < 4.78 is 11.9. The quantitative estimate of drug-likeness (QED) is 0.458. The van der Waals surface area contributed by atoms with Gasteiger partial charge < -0.3 is 8.85 Å². The van der Waals surface area contributed by atoms with Gasteiger partial charge in [-0.2, -0.15) is 0 Å². The zero-order valence-corrected chi connectivity index (χ0v) is 18.2. The highest BCUT2D eigenvalue weighted by molar-refractivity contribution is 6.75. The van der Waals surface area contributed by atoms with E-state index in [0.29, 0.717) is 0 Å². The van der Waals surface area contributed by atoms with Crippen molar-refractivity contribution < 1.29 is 13.6 Å². The van der Waals surface area contributed by atoms with Gasteiger partial charge in [-0.3, -0.25) is 4.79 Å². The third-order valence-corrected chi connectivity index (χ3v) is 12.0. The summed E-state index contributed by atoms with van der Waals surface area (Å²) in [6.07, 6.45) is 1.93. The molecule has 0 aromatic heterocycles. The number of hydrogen-bond donors (Lipinski definition) is 0. The highest BCUT2D eigenvalue weighted by Crippen LogP contribution is 2.31. The Morgan fingerprint density at radius 2 is 1.50 bits per heavy atom. The molecule has 0 spiro atoms. The Morgan fingerprint density at radius 1 is 1.00 bits per heavy atom. The smallest absolute Gasteiger partial charge is 0.298 e. The monoisotopic (exact) mass is 346 g/mol. The average molecular weight is 347 g/mol. The summed E-state index contributed by atoms with van der Waals surface area (Å²) in [7, 11) is -3.39. The molecular weight excluding hydrogens is 308 g/mol. The van der Waals surface area contributed by atoms with Crippen molar-refractivity contribution in [3.8, 4) is 0 Å². The molecule has 0 atom stereocenters. The number of rotatable bonds is 11. The highest BCUT2D eigenvalue weighted by Gasteiger charge is 2.38. The predicted molar refractivity (Wildman–Crippen MR) is 100 cm³/mol. The highest BCUT2D eigenvalue weighted by atomic mass is 28.4. The van der Waals surface area contributed by atoms with E-state index in [1.54, 1.807) is 0 Å². The zero-order chi connectivity index (χ0) is 17.4. The minimum Gasteiger partial charge on any atom is -0.519 e. The van der Waals surface area contributed by atoms with Crippen LogP contribution in [0.3, 0.4) is 0 Å². The maximum Gasteiger partial charge on any atom is 0.298 e. The van der Waals surface area contributed by atoms with Gasteiger partial charge in [0, 0.05) is 6.61 Å². The minimum absolute atomic E-state index is 0.0144. The Bertz CT molecular complexity index is 329. The summed E-state index contributed by atoms with van der Waals surface area (Å²) in [6, 6.07) is 4.17. The zero-order valence-electron chi connectivity index (χ0n) is 16.2. The van der Waals surface area contributed by atoms with Crippen molar-refractivity contribution in [3.05, 3.63) is 0 Å². The molecule has 0 saturated carbocycles. The second kappa shape index (κ2) is 9.23. The maximum absolute atomic E-state index is 12.6. The number of hydrogen-bond acceptors (Lipinski definition) is 3. The van der Waals surface area contributed by atoms with Gasteiger partial charge in [-0.25, -0.2) is 0 Å². The molecule has 0 saturated heterocycles. The lowest BCUT2D eigenvalue weighted by Crippen LogP contribution is -2.42. The van der Waals surface area contributed by atoms with Crippen LogP contribution in [0.25, 0.3) is 0 Å². The van der Waals surface area contributed by atoms with E-state index >= 15 is 0 Å². The van der Waals surface area contributed by atoms with Gasteiger partial charge in [0.25, 0.3) is 14.3 Å². The van der Waals surface area contributed by atoms with Gasteiger partial charge in [-0.15, -0.1) is 0 Å². The first-order valence-corrected chi connectivity index (χ1v) is 14.6. The first kappa shape index (κ1) is 21.9. The van der Waals surface area contributed by atoms with Gasteiger partial charge >= 0.3 is 0 Å². The SMILES string of the molecule is CCO[Si](C)(C)CCCC(C)(C)C(=O)O[Si](CC)(CC)CC. The Balaban J connectivity index is 4.57. The van der Waals surface area contributed by atoms with Crippen molar-refractivity contribution in [3.63, 3.8) is 0 Å². The van der Waals surface area contributed by atoms with Gasteiger partial charge in [0.1, 0.15) is 0 Å². The van der Waals surface area contributed by atoms with Crippen LogP contribution in [0.4, 0.5) is 0 Å². The first-order valence-electron chi connectivity index (χ1n) is 8.95. The first-order chi connectivity index (χ1) is 10.1. The van der Waals surface area contributed by atoms with Crippen molar-refractivity contribution in [1.82, 2.24) is 0 Å². The normalized spacial score (nSPS) is 13.3. The molecule has 5 heteroatoms. The second-order valence-electron chi connectivity index (χ2n) is 7.56. The van der Waals surface area contributed by atoms with Crippen LogP contribution in [-0.4, -0.2) is 29.2 Å². The van der Waals surface area contributed by atoms with E-state index < -0.39 is 16.6 Å². The van der Waals surface area contributed by atoms with Crippen LogP contribution in [0.15, 0.2) is 0 Å². The summed E-state index contributed by atoms with van der Waals surface area (Å²) in [6.45, 7) is 17.9. The molecule has 0 aromatic carbocycles. The molecule has 0 N–H and O–H groups in total. The van der Waals surface area contributed by atoms with E-state index in [4.69, 9.17) is 8.85 Å². The lowest BCUT2D eigenvalue weighted by atomic mass is 9.88. The number of carbonyl (C=O) groups excluding carboxylic acids is 1. The van der Waals surface area contributed by atoms with Gasteiger partial charge in [-0.05, 0) is 64.5 Å². The summed E-state index contributed by atoms with van der Waals surface area (Å²) in [5.74, 6) is 0.0144. The molecule has 0 rings (SSSR count). The van der Waals surface area contributed by atoms with Crippen LogP contribution < -0.4 is 0 Å². The number of carbonyl (C=O) groups is 1. The lowest BCUT2D eigenvalue weighted by molar-refractivity contribution is -0.145. The van der Waals surface area contributed by atoms with E-state index in [1.165, 1.54) is 0 Å². The molecule has 0 aliphatic rings. The van der Waals surface area contributed by atoms with E-state index in [1.807, 2.05) is 13.8 Å². The molecule has 0 unspecified atom stereocenters. The molecule has 0 aliphatic carbocycles. The van der Waals surface area contributed by atoms with E-state index in [2.05, 4.69) is 40.8 Å². The lowest BCUT2D eigenvalue weighted by Gasteiger charge is -2.33. The largest absolute Gasteiger partial charge is 0.519 e. The van der Waals surface area contributed by atoms with Crippen LogP contribution in [0.1, 0.15) is 54.4 Å². The van der Waals surface area contributed by atoms with Gasteiger partial charge in [0.05, 0.1) is 5.41 Å². The molecule has 0 fully saturated rings. The standard InChI is InChI=1S/C17H38O3Si2/c1-9-19-21(7,8)15-13-14-17(5,6)16(18)20-22(10-2,11-3)12-4/h9-15H2,1-8H3. The van der Waals surface area contributed by atoms with Gasteiger partial charge in [0.2, 0.25) is 0 Å². The summed E-state index contributed by atoms with van der Waals surface area (Å²) >= 11 is 0. The fraction of sp³-hybridized carbons (Fsp3) is 0.941. The van der Waals surface area contributed by atoms with Crippen molar-refractivity contribution in [2.45, 2.75) is 91.7 Å². The molecule has 0 radical (unpaired) electrons. The molecule has 132 valence electrons. The van der Waals surface area contributed by atoms with Gasteiger partial charge in [0.15, 0.2) is 8.32 Å². The van der Waals surface area contributed by atoms with E-state index in [9.17, 15) is 4.79 Å². The molecule has 0 heterocycles. The van der Waals surface area contributed by atoms with Gasteiger partial charge in [-0.1, -0.05) is 27.2 Å². The van der Waals surface area contributed by atoms with E-state index in [0.717, 1.165) is 43.6 Å². The molecular formula is C17H38O3Si2. The molecule has 22 heavy (non-hydrogen) atoms. The Labute approximate surface area is 140 Å². The van der Waals surface area contributed by atoms with Crippen LogP contribution in [0.5, 0.6) is 0 Å².